The van der Waals surface area contributed by atoms with E-state index >= 15 is 0 Å². The number of ether oxygens (including phenoxy) is 1. The first kappa shape index (κ1) is 13.0. The van der Waals surface area contributed by atoms with Crippen molar-refractivity contribution >= 4 is 5.91 Å². The summed E-state index contributed by atoms with van der Waals surface area (Å²) < 4.78 is 10.0. The third kappa shape index (κ3) is 3.06. The van der Waals surface area contributed by atoms with Crippen LogP contribution >= 0.6 is 0 Å². The van der Waals surface area contributed by atoms with Crippen molar-refractivity contribution in [3.63, 3.8) is 0 Å². The third-order valence-electron chi connectivity index (χ3n) is 2.46. The second-order valence-electron chi connectivity index (χ2n) is 3.96. The van der Waals surface area contributed by atoms with Gasteiger partial charge in [-0.15, -0.1) is 0 Å². The van der Waals surface area contributed by atoms with Gasteiger partial charge in [-0.05, 0) is 19.9 Å². The number of carbonyl (C=O) groups excluding carboxylic acids is 1. The largest absolute Gasteiger partial charge is 0.497 e. The van der Waals surface area contributed by atoms with Gasteiger partial charge >= 0.3 is 0 Å². The Balaban J connectivity index is 2.08. The molecule has 7 heteroatoms. The number of pyridine rings is 1. The number of nitrogens with one attached hydrogen (secondary N) is 1. The maximum Gasteiger partial charge on any atom is 0.270 e. The van der Waals surface area contributed by atoms with E-state index in [9.17, 15) is 4.79 Å². The Hall–Kier alpha value is -2.44. The molecule has 0 aromatic carbocycles. The van der Waals surface area contributed by atoms with Crippen molar-refractivity contribution in [3.8, 4) is 5.75 Å². The van der Waals surface area contributed by atoms with E-state index in [1.807, 2.05) is 0 Å². The Morgan fingerprint density at radius 3 is 2.95 bits per heavy atom. The molecule has 0 bridgehead atoms. The van der Waals surface area contributed by atoms with Gasteiger partial charge in [0.1, 0.15) is 17.5 Å². The van der Waals surface area contributed by atoms with Gasteiger partial charge in [0.25, 0.3) is 5.91 Å². The number of methoxy groups -OCH3 is 1. The van der Waals surface area contributed by atoms with Gasteiger partial charge in [0.2, 0.25) is 5.89 Å². The number of aryl methyl sites for hydroxylation is 1. The molecule has 0 aliphatic heterocycles. The van der Waals surface area contributed by atoms with Gasteiger partial charge in [0.15, 0.2) is 5.82 Å². The van der Waals surface area contributed by atoms with Crippen LogP contribution in [0.1, 0.15) is 35.2 Å². The van der Waals surface area contributed by atoms with E-state index in [1.165, 1.54) is 13.3 Å². The lowest BCUT2D eigenvalue weighted by molar-refractivity contribution is 0.0927. The highest BCUT2D eigenvalue weighted by molar-refractivity contribution is 5.92. The van der Waals surface area contributed by atoms with Crippen molar-refractivity contribution in [2.75, 3.05) is 7.11 Å². The lowest BCUT2D eigenvalue weighted by atomic mass is 10.3. The molecule has 1 N–H and O–H groups in total. The number of nitrogens with zero attached hydrogens (tertiary/aromatic N) is 3. The van der Waals surface area contributed by atoms with E-state index < -0.39 is 0 Å². The quantitative estimate of drug-likeness (QED) is 0.892. The maximum atomic E-state index is 12.0. The zero-order chi connectivity index (χ0) is 13.8. The van der Waals surface area contributed by atoms with Crippen molar-refractivity contribution in [1.29, 1.82) is 0 Å². The van der Waals surface area contributed by atoms with Gasteiger partial charge in [-0.2, -0.15) is 4.98 Å². The summed E-state index contributed by atoms with van der Waals surface area (Å²) in [6.07, 6.45) is 1.51. The van der Waals surface area contributed by atoms with Crippen LogP contribution in [0.2, 0.25) is 0 Å². The van der Waals surface area contributed by atoms with Crippen molar-refractivity contribution in [2.45, 2.75) is 19.9 Å². The molecule has 2 rings (SSSR count). The topological polar surface area (TPSA) is 90.1 Å². The average molecular weight is 262 g/mol. The number of amides is 1. The van der Waals surface area contributed by atoms with E-state index in [1.54, 1.807) is 26.0 Å². The Kier molecular flexibility index (Phi) is 3.74. The highest BCUT2D eigenvalue weighted by atomic mass is 16.5. The van der Waals surface area contributed by atoms with Crippen molar-refractivity contribution in [3.05, 3.63) is 35.7 Å². The van der Waals surface area contributed by atoms with Gasteiger partial charge in [-0.3, -0.25) is 9.78 Å². The molecule has 0 spiro atoms. The summed E-state index contributed by atoms with van der Waals surface area (Å²) in [7, 11) is 1.53. The van der Waals surface area contributed by atoms with Gasteiger partial charge in [0.05, 0.1) is 7.11 Å². The summed E-state index contributed by atoms with van der Waals surface area (Å²) in [5.41, 5.74) is 0.266. The maximum absolute atomic E-state index is 12.0. The smallest absolute Gasteiger partial charge is 0.270 e. The normalized spacial score (nSPS) is 11.9. The Labute approximate surface area is 110 Å². The number of aromatic nitrogens is 3. The summed E-state index contributed by atoms with van der Waals surface area (Å²) in [5, 5.41) is 6.40. The molecule has 19 heavy (non-hydrogen) atoms. The fourth-order valence-corrected chi connectivity index (χ4v) is 1.48. The zero-order valence-corrected chi connectivity index (χ0v) is 10.9. The molecule has 1 amide bonds. The van der Waals surface area contributed by atoms with Gasteiger partial charge in [-0.1, -0.05) is 5.16 Å². The van der Waals surface area contributed by atoms with Crippen molar-refractivity contribution < 1.29 is 14.1 Å². The molecule has 0 saturated heterocycles. The number of carbonyl (C=O) groups is 1. The Morgan fingerprint density at radius 2 is 2.32 bits per heavy atom. The lowest BCUT2D eigenvalue weighted by Gasteiger charge is -2.09. The fraction of sp³-hybridized carbons (Fsp3) is 0.333. The highest BCUT2D eigenvalue weighted by Gasteiger charge is 2.17. The molecule has 0 radical (unpaired) electrons. The molecule has 0 fully saturated rings. The number of hydrogen-bond donors (Lipinski definition) is 1. The van der Waals surface area contributed by atoms with Crippen LogP contribution in [-0.4, -0.2) is 28.1 Å². The monoisotopic (exact) mass is 262 g/mol. The standard InChI is InChI=1S/C12H14N4O3/c1-7(12-15-8(2)16-19-12)14-11(17)10-6-9(18-3)4-5-13-10/h4-7H,1-3H3,(H,14,17). The second-order valence-corrected chi connectivity index (χ2v) is 3.96. The van der Waals surface area contributed by atoms with Gasteiger partial charge in [0, 0.05) is 12.3 Å². The molecular formula is C12H14N4O3. The van der Waals surface area contributed by atoms with Crippen molar-refractivity contribution in [1.82, 2.24) is 20.4 Å². The first-order valence-corrected chi connectivity index (χ1v) is 5.71. The SMILES string of the molecule is COc1ccnc(C(=O)NC(C)c2nc(C)no2)c1. The molecule has 1 unspecified atom stereocenters. The van der Waals surface area contributed by atoms with E-state index in [-0.39, 0.29) is 17.6 Å². The first-order valence-electron chi connectivity index (χ1n) is 5.71. The van der Waals surface area contributed by atoms with Crippen LogP contribution in [0.3, 0.4) is 0 Å². The number of rotatable bonds is 4. The summed E-state index contributed by atoms with van der Waals surface area (Å²) in [5.74, 6) is 1.12. The molecule has 0 aliphatic carbocycles. The molecule has 1 atom stereocenters. The van der Waals surface area contributed by atoms with Gasteiger partial charge < -0.3 is 14.6 Å². The highest BCUT2D eigenvalue weighted by Crippen LogP contribution is 2.13. The predicted octanol–water partition coefficient (Wildman–Crippen LogP) is 1.27. The minimum absolute atomic E-state index is 0.266. The van der Waals surface area contributed by atoms with Crippen LogP contribution in [0, 0.1) is 6.92 Å². The first-order chi connectivity index (χ1) is 9.10. The van der Waals surface area contributed by atoms with Crippen LogP contribution in [0.5, 0.6) is 5.75 Å². The summed E-state index contributed by atoms with van der Waals surface area (Å²) in [4.78, 5) is 20.0. The summed E-state index contributed by atoms with van der Waals surface area (Å²) in [6.45, 7) is 3.47. The lowest BCUT2D eigenvalue weighted by Crippen LogP contribution is -2.27. The zero-order valence-electron chi connectivity index (χ0n) is 10.9. The Bertz CT molecular complexity index is 582. The van der Waals surface area contributed by atoms with Crippen molar-refractivity contribution in [2.24, 2.45) is 0 Å². The van der Waals surface area contributed by atoms with Gasteiger partial charge in [-0.25, -0.2) is 0 Å². The van der Waals surface area contributed by atoms with Crippen LogP contribution in [-0.2, 0) is 0 Å². The molecule has 2 heterocycles. The molecular weight excluding hydrogens is 248 g/mol. The van der Waals surface area contributed by atoms with Crippen LogP contribution in [0.4, 0.5) is 0 Å². The van der Waals surface area contributed by atoms with Crippen LogP contribution < -0.4 is 10.1 Å². The molecule has 0 aliphatic rings. The molecule has 2 aromatic heterocycles. The van der Waals surface area contributed by atoms with E-state index in [4.69, 9.17) is 9.26 Å². The molecule has 100 valence electrons. The molecule has 7 nitrogen and oxygen atoms in total. The van der Waals surface area contributed by atoms with E-state index in [0.29, 0.717) is 17.5 Å². The summed E-state index contributed by atoms with van der Waals surface area (Å²) in [6, 6.07) is 2.84. The summed E-state index contributed by atoms with van der Waals surface area (Å²) >= 11 is 0. The minimum atomic E-state index is -0.387. The molecule has 0 saturated carbocycles. The van der Waals surface area contributed by atoms with Crippen LogP contribution in [0.15, 0.2) is 22.9 Å². The predicted molar refractivity (Wildman–Crippen MR) is 65.7 cm³/mol. The number of hydrogen-bond acceptors (Lipinski definition) is 6. The molecule has 2 aromatic rings. The minimum Gasteiger partial charge on any atom is -0.497 e. The van der Waals surface area contributed by atoms with E-state index in [2.05, 4.69) is 20.4 Å². The fourth-order valence-electron chi connectivity index (χ4n) is 1.48. The average Bonchev–Trinajstić information content (AvgIpc) is 2.85. The second kappa shape index (κ2) is 5.47. The van der Waals surface area contributed by atoms with Crippen LogP contribution in [0.25, 0.3) is 0 Å². The third-order valence-corrected chi connectivity index (χ3v) is 2.46. The Morgan fingerprint density at radius 1 is 1.53 bits per heavy atom. The van der Waals surface area contributed by atoms with E-state index in [0.717, 1.165) is 0 Å².